The van der Waals surface area contributed by atoms with Gasteiger partial charge in [-0.1, -0.05) is 11.3 Å². The van der Waals surface area contributed by atoms with E-state index in [-0.39, 0.29) is 0 Å². The molecule has 8 nitrogen and oxygen atoms in total. The van der Waals surface area contributed by atoms with Gasteiger partial charge in [0.1, 0.15) is 0 Å². The van der Waals surface area contributed by atoms with Gasteiger partial charge in [-0.15, -0.1) is 10.2 Å². The van der Waals surface area contributed by atoms with Crippen molar-refractivity contribution in [3.63, 3.8) is 0 Å². The summed E-state index contributed by atoms with van der Waals surface area (Å²) in [4.78, 5) is 0. The van der Waals surface area contributed by atoms with Crippen molar-refractivity contribution in [2.75, 3.05) is 19.6 Å². The quantitative estimate of drug-likeness (QED) is 0.349. The number of nitrogens with zero attached hydrogens (tertiary/aromatic N) is 3. The van der Waals surface area contributed by atoms with E-state index < -0.39 is 0 Å². The summed E-state index contributed by atoms with van der Waals surface area (Å²) in [6.07, 6.45) is 6.50. The first-order chi connectivity index (χ1) is 7.50. The van der Waals surface area contributed by atoms with E-state index in [1.807, 2.05) is 12.3 Å². The first kappa shape index (κ1) is 11.6. The second-order valence-electron chi connectivity index (χ2n) is 2.69. The number of aromatic nitrogens is 4. The first-order valence-corrected chi connectivity index (χ1v) is 4.75. The van der Waals surface area contributed by atoms with E-state index in [0.29, 0.717) is 0 Å². The zero-order valence-corrected chi connectivity index (χ0v) is 8.40. The van der Waals surface area contributed by atoms with Crippen LogP contribution < -0.4 is 21.7 Å². The van der Waals surface area contributed by atoms with Gasteiger partial charge in [0.05, 0.1) is 0 Å². The van der Waals surface area contributed by atoms with Crippen LogP contribution >= 0.6 is 0 Å². The summed E-state index contributed by atoms with van der Waals surface area (Å²) in [5.74, 6) is 0. The van der Waals surface area contributed by atoms with Crippen molar-refractivity contribution in [2.45, 2.75) is 6.42 Å². The third-order valence-electron chi connectivity index (χ3n) is 1.52. The smallest absolute Gasteiger partial charge is 0.161 e. The molecule has 0 radical (unpaired) electrons. The van der Waals surface area contributed by atoms with E-state index >= 15 is 0 Å². The molecule has 8 heteroatoms. The molecule has 5 N–H and O–H groups in total. The molecule has 15 heavy (non-hydrogen) atoms. The Hall–Kier alpha value is -1.51. The highest BCUT2D eigenvalue weighted by molar-refractivity contribution is 4.85. The van der Waals surface area contributed by atoms with Gasteiger partial charge in [0.15, 0.2) is 6.33 Å². The second kappa shape index (κ2) is 9.06. The molecule has 1 fully saturated rings. The lowest BCUT2D eigenvalue weighted by molar-refractivity contribution is 0.689. The fraction of sp³-hybridized carbons (Fsp3) is 0.571. The lowest BCUT2D eigenvalue weighted by atomic mass is 10.5. The summed E-state index contributed by atoms with van der Waals surface area (Å²) in [7, 11) is 0. The molecule has 0 aromatic carbocycles. The lowest BCUT2D eigenvalue weighted by Crippen LogP contribution is -2.21. The highest BCUT2D eigenvalue weighted by Crippen LogP contribution is 1.74. The molecule has 0 aliphatic carbocycles. The van der Waals surface area contributed by atoms with E-state index in [1.54, 1.807) is 0 Å². The molecule has 0 bridgehead atoms. The molecule has 0 saturated carbocycles. The summed E-state index contributed by atoms with van der Waals surface area (Å²) >= 11 is 0. The SMILES string of the molecule is C1=CNNC1.C1CNNC1.c1nn[nH]n1. The van der Waals surface area contributed by atoms with Crippen LogP contribution in [0, 0.1) is 0 Å². The molecule has 1 aromatic rings. The molecule has 1 aromatic heterocycles. The van der Waals surface area contributed by atoms with Crippen LogP contribution in [0.5, 0.6) is 0 Å². The standard InChI is InChI=1S/C3H8N2.C3H6N2.CH2N4/c3*1-2-4-5-3-1/h4-5H,1-3H2;1-2,4-5H,3H2;1H,(H,2,3,4,5). The van der Waals surface area contributed by atoms with Crippen LogP contribution in [0.15, 0.2) is 18.6 Å². The van der Waals surface area contributed by atoms with Gasteiger partial charge in [0.25, 0.3) is 0 Å². The molecule has 3 rings (SSSR count). The van der Waals surface area contributed by atoms with Crippen molar-refractivity contribution in [3.8, 4) is 0 Å². The zero-order chi connectivity index (χ0) is 10.6. The number of hydrazine groups is 2. The largest absolute Gasteiger partial charge is 0.329 e. The van der Waals surface area contributed by atoms with Crippen molar-refractivity contribution in [1.82, 2.24) is 42.3 Å². The number of H-pyrrole nitrogens is 1. The van der Waals surface area contributed by atoms with Gasteiger partial charge in [-0.2, -0.15) is 5.21 Å². The Morgan fingerprint density at radius 2 is 1.93 bits per heavy atom. The summed E-state index contributed by atoms with van der Waals surface area (Å²) in [5, 5.41) is 12.2. The Bertz CT molecular complexity index is 198. The normalized spacial score (nSPS) is 17.1. The Kier molecular flexibility index (Phi) is 6.99. The van der Waals surface area contributed by atoms with Crippen molar-refractivity contribution in [2.24, 2.45) is 0 Å². The topological polar surface area (TPSA) is 103 Å². The molecule has 0 unspecified atom stereocenters. The van der Waals surface area contributed by atoms with Crippen LogP contribution in [0.1, 0.15) is 6.42 Å². The number of aromatic amines is 1. The van der Waals surface area contributed by atoms with Crippen molar-refractivity contribution in [1.29, 1.82) is 0 Å². The number of tetrazole rings is 1. The van der Waals surface area contributed by atoms with Crippen LogP contribution in [0.2, 0.25) is 0 Å². The van der Waals surface area contributed by atoms with E-state index in [0.717, 1.165) is 19.6 Å². The summed E-state index contributed by atoms with van der Waals surface area (Å²) in [6, 6.07) is 0. The molecule has 84 valence electrons. The Morgan fingerprint density at radius 3 is 2.13 bits per heavy atom. The van der Waals surface area contributed by atoms with Gasteiger partial charge in [0, 0.05) is 25.8 Å². The average Bonchev–Trinajstić information content (AvgIpc) is 3.09. The highest BCUT2D eigenvalue weighted by Gasteiger charge is 1.91. The summed E-state index contributed by atoms with van der Waals surface area (Å²) in [5.41, 5.74) is 11.6. The van der Waals surface area contributed by atoms with Crippen LogP contribution in [-0.2, 0) is 0 Å². The average molecular weight is 212 g/mol. The number of hydrogen-bond donors (Lipinski definition) is 5. The molecule has 0 amide bonds. The summed E-state index contributed by atoms with van der Waals surface area (Å²) in [6.45, 7) is 3.24. The molecule has 2 aliphatic rings. The fourth-order valence-electron chi connectivity index (χ4n) is 0.866. The van der Waals surface area contributed by atoms with E-state index in [4.69, 9.17) is 0 Å². The van der Waals surface area contributed by atoms with E-state index in [2.05, 4.69) is 42.3 Å². The third-order valence-corrected chi connectivity index (χ3v) is 1.52. The minimum Gasteiger partial charge on any atom is -0.329 e. The predicted octanol–water partition coefficient (Wildman–Crippen LogP) is -1.71. The molecule has 3 heterocycles. The van der Waals surface area contributed by atoms with Gasteiger partial charge in [-0.3, -0.25) is 10.9 Å². The Labute approximate surface area is 87.8 Å². The predicted molar refractivity (Wildman–Crippen MR) is 55.1 cm³/mol. The van der Waals surface area contributed by atoms with E-state index in [1.165, 1.54) is 12.7 Å². The minimum atomic E-state index is 0.958. The van der Waals surface area contributed by atoms with Crippen LogP contribution in [-0.4, -0.2) is 40.3 Å². The van der Waals surface area contributed by atoms with Gasteiger partial charge in [0.2, 0.25) is 0 Å². The number of rotatable bonds is 0. The van der Waals surface area contributed by atoms with E-state index in [9.17, 15) is 0 Å². The zero-order valence-electron chi connectivity index (χ0n) is 8.40. The molecule has 2 aliphatic heterocycles. The molecular formula is C7H16N8. The van der Waals surface area contributed by atoms with Crippen molar-refractivity contribution >= 4 is 0 Å². The first-order valence-electron chi connectivity index (χ1n) is 4.75. The number of nitrogens with one attached hydrogen (secondary N) is 5. The molecule has 0 spiro atoms. The van der Waals surface area contributed by atoms with Gasteiger partial charge in [-0.05, 0) is 6.42 Å². The van der Waals surface area contributed by atoms with Crippen LogP contribution in [0.25, 0.3) is 0 Å². The van der Waals surface area contributed by atoms with Gasteiger partial charge in [-0.25, -0.2) is 5.43 Å². The molecular weight excluding hydrogens is 196 g/mol. The van der Waals surface area contributed by atoms with Gasteiger partial charge < -0.3 is 5.43 Å². The second-order valence-corrected chi connectivity index (χ2v) is 2.69. The highest BCUT2D eigenvalue weighted by atomic mass is 15.5. The monoisotopic (exact) mass is 212 g/mol. The maximum Gasteiger partial charge on any atom is 0.161 e. The Morgan fingerprint density at radius 1 is 1.07 bits per heavy atom. The summed E-state index contributed by atoms with van der Waals surface area (Å²) < 4.78 is 0. The van der Waals surface area contributed by atoms with Crippen LogP contribution in [0.3, 0.4) is 0 Å². The maximum atomic E-state index is 3.38. The maximum absolute atomic E-state index is 3.38. The van der Waals surface area contributed by atoms with Crippen LogP contribution in [0.4, 0.5) is 0 Å². The van der Waals surface area contributed by atoms with Crippen molar-refractivity contribution < 1.29 is 0 Å². The number of hydrogen-bond acceptors (Lipinski definition) is 7. The third kappa shape index (κ3) is 7.55. The fourth-order valence-corrected chi connectivity index (χ4v) is 0.866. The molecule has 0 atom stereocenters. The molecule has 1 saturated heterocycles. The van der Waals surface area contributed by atoms with Gasteiger partial charge >= 0.3 is 0 Å². The Balaban J connectivity index is 0.000000112. The minimum absolute atomic E-state index is 0.958. The lowest BCUT2D eigenvalue weighted by Gasteiger charge is -1.83. The van der Waals surface area contributed by atoms with Crippen molar-refractivity contribution in [3.05, 3.63) is 18.6 Å².